The van der Waals surface area contributed by atoms with Gasteiger partial charge in [-0.3, -0.25) is 4.98 Å². The Balaban J connectivity index is 1.00. The molecule has 2 heterocycles. The summed E-state index contributed by atoms with van der Waals surface area (Å²) >= 11 is 0. The van der Waals surface area contributed by atoms with Gasteiger partial charge in [-0.1, -0.05) is 194 Å². The molecule has 2 aromatic heterocycles. The van der Waals surface area contributed by atoms with Crippen LogP contribution in [-0.2, 0) is 0 Å². The quantitative estimate of drug-likeness (QED) is 0.158. The molecule has 10 aromatic carbocycles. The zero-order valence-corrected chi connectivity index (χ0v) is 33.7. The molecule has 0 aliphatic rings. The van der Waals surface area contributed by atoms with Crippen molar-refractivity contribution in [1.29, 1.82) is 0 Å². The number of hydrogen-bond donors (Lipinski definition) is 0. The first-order chi connectivity index (χ1) is 30.7. The second kappa shape index (κ2) is 14.8. The molecule has 288 valence electrons. The Morgan fingerprint density at radius 1 is 0.242 bits per heavy atom. The van der Waals surface area contributed by atoms with Crippen molar-refractivity contribution in [2.24, 2.45) is 0 Å². The van der Waals surface area contributed by atoms with Crippen LogP contribution in [-0.4, -0.2) is 15.0 Å². The Labute approximate surface area is 359 Å². The van der Waals surface area contributed by atoms with Crippen LogP contribution in [0.1, 0.15) is 0 Å². The predicted octanol–water partition coefficient (Wildman–Crippen LogP) is 15.6. The van der Waals surface area contributed by atoms with Gasteiger partial charge in [0.15, 0.2) is 5.82 Å². The van der Waals surface area contributed by atoms with Gasteiger partial charge in [-0.25, -0.2) is 9.97 Å². The van der Waals surface area contributed by atoms with Crippen molar-refractivity contribution >= 4 is 53.9 Å². The number of nitrogens with zero attached hydrogens (tertiary/aromatic N) is 3. The Bertz CT molecular complexity index is 3690. The van der Waals surface area contributed by atoms with Gasteiger partial charge in [-0.05, 0) is 94.5 Å². The van der Waals surface area contributed by atoms with Gasteiger partial charge in [0, 0.05) is 40.0 Å². The first-order valence-electron chi connectivity index (χ1n) is 21.1. The maximum Gasteiger partial charge on any atom is 0.160 e. The van der Waals surface area contributed by atoms with Crippen molar-refractivity contribution < 1.29 is 0 Å². The third kappa shape index (κ3) is 6.10. The third-order valence-electron chi connectivity index (χ3n) is 12.4. The van der Waals surface area contributed by atoms with Crippen molar-refractivity contribution in [2.45, 2.75) is 0 Å². The molecule has 0 amide bonds. The van der Waals surface area contributed by atoms with E-state index in [1.54, 1.807) is 0 Å². The standard InChI is InChI=1S/C59H37N3/c1-4-19-45-38(13-1)16-12-26-46(45)41-17-11-18-43(33-41)59-61-57(35-58(62-59)55-34-42-14-2-5-20-47(42)50-22-8-10-25-53(50)55)40-29-27-39(28-30-40)49-31-32-54(52-24-9-7-23-51(49)52)56-37-60-36-44-15-3-6-21-48(44)56/h1-37H. The number of hydrogen-bond acceptors (Lipinski definition) is 3. The molecule has 62 heavy (non-hydrogen) atoms. The second-order valence-corrected chi connectivity index (χ2v) is 16.0. The monoisotopic (exact) mass is 787 g/mol. The van der Waals surface area contributed by atoms with Crippen LogP contribution < -0.4 is 0 Å². The van der Waals surface area contributed by atoms with E-state index in [1.807, 2.05) is 12.4 Å². The summed E-state index contributed by atoms with van der Waals surface area (Å²) in [6.45, 7) is 0. The Morgan fingerprint density at radius 2 is 0.774 bits per heavy atom. The summed E-state index contributed by atoms with van der Waals surface area (Å²) < 4.78 is 0. The lowest BCUT2D eigenvalue weighted by Crippen LogP contribution is -1.97. The first kappa shape index (κ1) is 35.7. The Hall–Kier alpha value is -8.27. The van der Waals surface area contributed by atoms with E-state index in [2.05, 4.69) is 217 Å². The molecule has 0 bridgehead atoms. The Morgan fingerprint density at radius 3 is 1.56 bits per heavy atom. The van der Waals surface area contributed by atoms with E-state index in [1.165, 1.54) is 59.8 Å². The lowest BCUT2D eigenvalue weighted by molar-refractivity contribution is 1.19. The molecule has 3 heteroatoms. The van der Waals surface area contributed by atoms with E-state index < -0.39 is 0 Å². The summed E-state index contributed by atoms with van der Waals surface area (Å²) in [5.41, 5.74) is 11.8. The molecule has 0 atom stereocenters. The van der Waals surface area contributed by atoms with E-state index in [0.717, 1.165) is 55.5 Å². The second-order valence-electron chi connectivity index (χ2n) is 16.0. The highest BCUT2D eigenvalue weighted by Crippen LogP contribution is 2.40. The van der Waals surface area contributed by atoms with Crippen LogP contribution in [0.2, 0.25) is 0 Å². The summed E-state index contributed by atoms with van der Waals surface area (Å²) in [6.07, 6.45) is 3.93. The summed E-state index contributed by atoms with van der Waals surface area (Å²) in [6, 6.07) is 76.0. The molecule has 3 nitrogen and oxygen atoms in total. The average Bonchev–Trinajstić information content (AvgIpc) is 3.35. The predicted molar refractivity (Wildman–Crippen MR) is 260 cm³/mol. The molecular weight excluding hydrogens is 751 g/mol. The zero-order valence-electron chi connectivity index (χ0n) is 33.7. The van der Waals surface area contributed by atoms with Gasteiger partial charge in [0.2, 0.25) is 0 Å². The zero-order chi connectivity index (χ0) is 41.0. The van der Waals surface area contributed by atoms with Crippen LogP contribution >= 0.6 is 0 Å². The highest BCUT2D eigenvalue weighted by molar-refractivity contribution is 6.14. The van der Waals surface area contributed by atoms with Crippen LogP contribution in [0.5, 0.6) is 0 Å². The van der Waals surface area contributed by atoms with Gasteiger partial charge >= 0.3 is 0 Å². The van der Waals surface area contributed by atoms with E-state index in [9.17, 15) is 0 Å². The topological polar surface area (TPSA) is 38.7 Å². The number of aromatic nitrogens is 3. The fraction of sp³-hybridized carbons (Fsp3) is 0. The van der Waals surface area contributed by atoms with E-state index in [4.69, 9.17) is 9.97 Å². The van der Waals surface area contributed by atoms with Crippen molar-refractivity contribution in [2.75, 3.05) is 0 Å². The minimum Gasteiger partial charge on any atom is -0.263 e. The number of fused-ring (bicyclic) bond motifs is 6. The fourth-order valence-electron chi connectivity index (χ4n) is 9.37. The lowest BCUT2D eigenvalue weighted by Gasteiger charge is -2.15. The van der Waals surface area contributed by atoms with Gasteiger partial charge in [0.1, 0.15) is 0 Å². The molecule has 0 aliphatic carbocycles. The molecule has 0 saturated carbocycles. The molecule has 12 rings (SSSR count). The SMILES string of the molecule is c1cc(-c2nc(-c3ccc(-c4ccc(-c5cncc6ccccc56)c5ccccc45)cc3)cc(-c3cc4ccccc4c4ccccc34)n2)cc(-c2cccc3ccccc23)c1. The van der Waals surface area contributed by atoms with Crippen LogP contribution in [0, 0.1) is 0 Å². The Kier molecular flexibility index (Phi) is 8.50. The fourth-order valence-corrected chi connectivity index (χ4v) is 9.37. The van der Waals surface area contributed by atoms with Gasteiger partial charge in [0.25, 0.3) is 0 Å². The van der Waals surface area contributed by atoms with Gasteiger partial charge in [-0.15, -0.1) is 0 Å². The molecule has 0 saturated heterocycles. The summed E-state index contributed by atoms with van der Waals surface area (Å²) in [5, 5.41) is 12.0. The molecule has 0 fully saturated rings. The minimum absolute atomic E-state index is 0.686. The van der Waals surface area contributed by atoms with Crippen molar-refractivity contribution in [3.05, 3.63) is 225 Å². The van der Waals surface area contributed by atoms with Crippen molar-refractivity contribution in [1.82, 2.24) is 15.0 Å². The molecule has 0 N–H and O–H groups in total. The van der Waals surface area contributed by atoms with E-state index in [-0.39, 0.29) is 0 Å². The molecule has 0 unspecified atom stereocenters. The van der Waals surface area contributed by atoms with E-state index in [0.29, 0.717) is 5.82 Å². The van der Waals surface area contributed by atoms with Crippen molar-refractivity contribution in [3.8, 4) is 67.3 Å². The number of rotatable bonds is 6. The van der Waals surface area contributed by atoms with Crippen LogP contribution in [0.15, 0.2) is 225 Å². The summed E-state index contributed by atoms with van der Waals surface area (Å²) in [7, 11) is 0. The average molecular weight is 788 g/mol. The summed E-state index contributed by atoms with van der Waals surface area (Å²) in [5.74, 6) is 0.686. The van der Waals surface area contributed by atoms with Crippen LogP contribution in [0.4, 0.5) is 0 Å². The van der Waals surface area contributed by atoms with Gasteiger partial charge in [0.05, 0.1) is 11.4 Å². The lowest BCUT2D eigenvalue weighted by atomic mass is 9.90. The number of pyridine rings is 1. The molecule has 0 spiro atoms. The summed E-state index contributed by atoms with van der Waals surface area (Å²) in [4.78, 5) is 15.3. The highest BCUT2D eigenvalue weighted by atomic mass is 14.9. The highest BCUT2D eigenvalue weighted by Gasteiger charge is 2.17. The van der Waals surface area contributed by atoms with Crippen molar-refractivity contribution in [3.63, 3.8) is 0 Å². The third-order valence-corrected chi connectivity index (χ3v) is 12.4. The molecule has 12 aromatic rings. The molecule has 0 radical (unpaired) electrons. The van der Waals surface area contributed by atoms with Crippen LogP contribution in [0.3, 0.4) is 0 Å². The maximum atomic E-state index is 5.39. The van der Waals surface area contributed by atoms with Gasteiger partial charge in [-0.2, -0.15) is 0 Å². The minimum atomic E-state index is 0.686. The maximum absolute atomic E-state index is 5.39. The molecule has 0 aliphatic heterocycles. The van der Waals surface area contributed by atoms with E-state index >= 15 is 0 Å². The largest absolute Gasteiger partial charge is 0.263 e. The number of benzene rings is 10. The normalized spacial score (nSPS) is 11.5. The van der Waals surface area contributed by atoms with Crippen LogP contribution in [0.25, 0.3) is 121 Å². The first-order valence-corrected chi connectivity index (χ1v) is 21.1. The van der Waals surface area contributed by atoms with Gasteiger partial charge < -0.3 is 0 Å². The molecular formula is C59H37N3. The smallest absolute Gasteiger partial charge is 0.160 e.